The smallest absolute Gasteiger partial charge is 0.159 e. The fourth-order valence-corrected chi connectivity index (χ4v) is 1.87. The van der Waals surface area contributed by atoms with E-state index in [2.05, 4.69) is 15.3 Å². The number of nitrogens with two attached hydrogens (primary N) is 1. The number of nitrogens with one attached hydrogen (secondary N) is 1. The second kappa shape index (κ2) is 6.17. The van der Waals surface area contributed by atoms with E-state index in [1.807, 2.05) is 31.1 Å². The van der Waals surface area contributed by atoms with Crippen molar-refractivity contribution in [1.29, 1.82) is 0 Å². The molecule has 0 saturated heterocycles. The van der Waals surface area contributed by atoms with Crippen LogP contribution in [0.2, 0.25) is 0 Å². The van der Waals surface area contributed by atoms with Crippen LogP contribution in [0.3, 0.4) is 0 Å². The molecule has 0 fully saturated rings. The molecule has 0 saturated carbocycles. The number of benzene rings is 1. The summed E-state index contributed by atoms with van der Waals surface area (Å²) in [7, 11) is 6.94. The number of hydrogen-bond acceptors (Lipinski definition) is 7. The molecule has 0 aliphatic heterocycles. The lowest BCUT2D eigenvalue weighted by atomic mass is 10.2. The average Bonchev–Trinajstić information content (AvgIpc) is 2.49. The van der Waals surface area contributed by atoms with Crippen LogP contribution in [0.25, 0.3) is 0 Å². The Balaban J connectivity index is 2.36. The summed E-state index contributed by atoms with van der Waals surface area (Å²) >= 11 is 0. The van der Waals surface area contributed by atoms with Gasteiger partial charge in [0.15, 0.2) is 11.6 Å². The fraction of sp³-hybridized carbons (Fsp3) is 0.286. The molecule has 0 amide bonds. The first-order valence-corrected chi connectivity index (χ1v) is 6.33. The molecule has 3 N–H and O–H groups in total. The minimum Gasteiger partial charge on any atom is -0.497 e. The molecular weight excluding hydrogens is 270 g/mol. The summed E-state index contributed by atoms with van der Waals surface area (Å²) in [5.74, 6) is 2.53. The van der Waals surface area contributed by atoms with Crippen LogP contribution < -0.4 is 25.4 Å². The molecule has 7 nitrogen and oxygen atoms in total. The van der Waals surface area contributed by atoms with Crippen LogP contribution >= 0.6 is 0 Å². The maximum Gasteiger partial charge on any atom is 0.159 e. The summed E-state index contributed by atoms with van der Waals surface area (Å²) in [5.41, 5.74) is 7.30. The van der Waals surface area contributed by atoms with E-state index in [4.69, 9.17) is 15.2 Å². The number of ether oxygens (including phenoxy) is 2. The molecule has 0 spiro atoms. The third-order valence-electron chi connectivity index (χ3n) is 2.95. The molecule has 0 unspecified atom stereocenters. The minimum absolute atomic E-state index is 0.473. The summed E-state index contributed by atoms with van der Waals surface area (Å²) in [4.78, 5) is 10.1. The molecule has 1 aromatic heterocycles. The molecule has 112 valence electrons. The third-order valence-corrected chi connectivity index (χ3v) is 2.95. The maximum absolute atomic E-state index is 6.09. The molecular formula is C14H19N5O2. The van der Waals surface area contributed by atoms with Crippen molar-refractivity contribution in [3.63, 3.8) is 0 Å². The zero-order valence-corrected chi connectivity index (χ0v) is 12.5. The van der Waals surface area contributed by atoms with Crippen LogP contribution in [0, 0.1) is 0 Å². The van der Waals surface area contributed by atoms with Gasteiger partial charge in [0.2, 0.25) is 0 Å². The summed E-state index contributed by atoms with van der Waals surface area (Å²) in [5, 5.41) is 3.15. The summed E-state index contributed by atoms with van der Waals surface area (Å²) in [6, 6.07) is 5.45. The number of hydrogen-bond donors (Lipinski definition) is 2. The van der Waals surface area contributed by atoms with Crippen molar-refractivity contribution in [1.82, 2.24) is 9.97 Å². The van der Waals surface area contributed by atoms with Gasteiger partial charge < -0.3 is 25.4 Å². The highest BCUT2D eigenvalue weighted by Crippen LogP contribution is 2.33. The molecule has 21 heavy (non-hydrogen) atoms. The fourth-order valence-electron chi connectivity index (χ4n) is 1.87. The SMILES string of the molecule is COc1ccc(Nc2ncnc(N(C)C)c2N)c(OC)c1. The molecule has 2 rings (SSSR count). The normalized spacial score (nSPS) is 10.1. The molecule has 0 atom stereocenters. The van der Waals surface area contributed by atoms with Gasteiger partial charge in [-0.3, -0.25) is 0 Å². The molecule has 0 bridgehead atoms. The number of rotatable bonds is 5. The lowest BCUT2D eigenvalue weighted by Gasteiger charge is -2.17. The lowest BCUT2D eigenvalue weighted by Crippen LogP contribution is -2.14. The Morgan fingerprint density at radius 1 is 1.14 bits per heavy atom. The number of aromatic nitrogens is 2. The van der Waals surface area contributed by atoms with Crippen LogP contribution in [-0.4, -0.2) is 38.3 Å². The predicted molar refractivity (Wildman–Crippen MR) is 83.6 cm³/mol. The first kappa shape index (κ1) is 14.7. The van der Waals surface area contributed by atoms with Gasteiger partial charge in [-0.05, 0) is 12.1 Å². The number of anilines is 4. The van der Waals surface area contributed by atoms with Gasteiger partial charge in [-0.15, -0.1) is 0 Å². The summed E-state index contributed by atoms with van der Waals surface area (Å²) in [6.07, 6.45) is 1.46. The van der Waals surface area contributed by atoms with Crippen LogP contribution in [-0.2, 0) is 0 Å². The van der Waals surface area contributed by atoms with Crippen molar-refractivity contribution in [2.75, 3.05) is 44.3 Å². The van der Waals surface area contributed by atoms with Crippen molar-refractivity contribution in [3.05, 3.63) is 24.5 Å². The topological polar surface area (TPSA) is 85.5 Å². The maximum atomic E-state index is 6.09. The Hall–Kier alpha value is -2.70. The Kier molecular flexibility index (Phi) is 4.32. The monoisotopic (exact) mass is 289 g/mol. The quantitative estimate of drug-likeness (QED) is 0.869. The Morgan fingerprint density at radius 2 is 1.90 bits per heavy atom. The van der Waals surface area contributed by atoms with Crippen molar-refractivity contribution in [2.45, 2.75) is 0 Å². The van der Waals surface area contributed by atoms with Gasteiger partial charge >= 0.3 is 0 Å². The van der Waals surface area contributed by atoms with Crippen LogP contribution in [0.1, 0.15) is 0 Å². The molecule has 2 aromatic rings. The van der Waals surface area contributed by atoms with Crippen molar-refractivity contribution in [2.24, 2.45) is 0 Å². The number of methoxy groups -OCH3 is 2. The standard InChI is InChI=1S/C14H19N5O2/c1-19(2)14-12(15)13(16-8-17-14)18-10-6-5-9(20-3)7-11(10)21-4/h5-8H,15H2,1-4H3,(H,16,17,18). The largest absolute Gasteiger partial charge is 0.497 e. The Morgan fingerprint density at radius 3 is 2.52 bits per heavy atom. The van der Waals surface area contributed by atoms with E-state index in [0.29, 0.717) is 28.8 Å². The first-order chi connectivity index (χ1) is 10.1. The van der Waals surface area contributed by atoms with Gasteiger partial charge in [0, 0.05) is 20.2 Å². The van der Waals surface area contributed by atoms with Gasteiger partial charge in [-0.25, -0.2) is 9.97 Å². The summed E-state index contributed by atoms with van der Waals surface area (Å²) < 4.78 is 10.5. The molecule has 1 heterocycles. The van der Waals surface area contributed by atoms with Gasteiger partial charge in [0.05, 0.1) is 19.9 Å². The number of nitrogens with zero attached hydrogens (tertiary/aromatic N) is 3. The second-order valence-electron chi connectivity index (χ2n) is 4.55. The molecule has 7 heteroatoms. The third kappa shape index (κ3) is 3.07. The minimum atomic E-state index is 0.473. The van der Waals surface area contributed by atoms with E-state index in [0.717, 1.165) is 5.69 Å². The predicted octanol–water partition coefficient (Wildman–Crippen LogP) is 1.89. The highest BCUT2D eigenvalue weighted by molar-refractivity contribution is 5.79. The van der Waals surface area contributed by atoms with Crippen LogP contribution in [0.5, 0.6) is 11.5 Å². The van der Waals surface area contributed by atoms with Gasteiger partial charge in [-0.2, -0.15) is 0 Å². The van der Waals surface area contributed by atoms with E-state index in [1.165, 1.54) is 6.33 Å². The van der Waals surface area contributed by atoms with Crippen molar-refractivity contribution < 1.29 is 9.47 Å². The van der Waals surface area contributed by atoms with Crippen molar-refractivity contribution in [3.8, 4) is 11.5 Å². The van der Waals surface area contributed by atoms with E-state index >= 15 is 0 Å². The highest BCUT2D eigenvalue weighted by atomic mass is 16.5. The Bertz CT molecular complexity index is 631. The zero-order valence-electron chi connectivity index (χ0n) is 12.5. The van der Waals surface area contributed by atoms with Crippen LogP contribution in [0.15, 0.2) is 24.5 Å². The first-order valence-electron chi connectivity index (χ1n) is 6.33. The van der Waals surface area contributed by atoms with E-state index < -0.39 is 0 Å². The molecule has 0 radical (unpaired) electrons. The van der Waals surface area contributed by atoms with E-state index in [1.54, 1.807) is 20.3 Å². The zero-order chi connectivity index (χ0) is 15.4. The second-order valence-corrected chi connectivity index (χ2v) is 4.55. The van der Waals surface area contributed by atoms with E-state index in [9.17, 15) is 0 Å². The number of nitrogen functional groups attached to an aromatic ring is 1. The Labute approximate surface area is 123 Å². The van der Waals surface area contributed by atoms with Crippen LogP contribution in [0.4, 0.5) is 23.0 Å². The lowest BCUT2D eigenvalue weighted by molar-refractivity contribution is 0.395. The van der Waals surface area contributed by atoms with Gasteiger partial charge in [-0.1, -0.05) is 0 Å². The van der Waals surface area contributed by atoms with Gasteiger partial charge in [0.25, 0.3) is 0 Å². The average molecular weight is 289 g/mol. The molecule has 0 aliphatic carbocycles. The van der Waals surface area contributed by atoms with E-state index in [-0.39, 0.29) is 0 Å². The van der Waals surface area contributed by atoms with Crippen molar-refractivity contribution >= 4 is 23.0 Å². The molecule has 0 aliphatic rings. The summed E-state index contributed by atoms with van der Waals surface area (Å²) in [6.45, 7) is 0. The van der Waals surface area contributed by atoms with Gasteiger partial charge in [0.1, 0.15) is 23.5 Å². The molecule has 1 aromatic carbocycles. The highest BCUT2D eigenvalue weighted by Gasteiger charge is 2.12.